The Morgan fingerprint density at radius 2 is 1.94 bits per heavy atom. The molecule has 1 aromatic carbocycles. The fourth-order valence-electron chi connectivity index (χ4n) is 4.64. The molecule has 1 aromatic rings. The van der Waals surface area contributed by atoms with Gasteiger partial charge in [0.25, 0.3) is 0 Å². The lowest BCUT2D eigenvalue weighted by molar-refractivity contribution is -0.136. The third-order valence-corrected chi connectivity index (χ3v) is 6.41. The highest BCUT2D eigenvalue weighted by molar-refractivity contribution is 6.06. The van der Waals surface area contributed by atoms with Crippen molar-refractivity contribution >= 4 is 23.9 Å². The molecule has 2 aliphatic heterocycles. The zero-order valence-electron chi connectivity index (χ0n) is 21.4. The number of rotatable bonds is 6. The van der Waals surface area contributed by atoms with Crippen LogP contribution in [0.1, 0.15) is 82.8 Å². The number of methoxy groups -OCH3 is 1. The van der Waals surface area contributed by atoms with Crippen molar-refractivity contribution in [3.63, 3.8) is 0 Å². The van der Waals surface area contributed by atoms with Crippen molar-refractivity contribution in [3.8, 4) is 5.75 Å². The third-order valence-electron chi connectivity index (χ3n) is 6.41. The molecule has 2 atom stereocenters. The van der Waals surface area contributed by atoms with Crippen molar-refractivity contribution in [1.82, 2.24) is 10.2 Å². The van der Waals surface area contributed by atoms with Gasteiger partial charge >= 0.3 is 12.1 Å². The molecule has 2 unspecified atom stereocenters. The summed E-state index contributed by atoms with van der Waals surface area (Å²) in [4.78, 5) is 44.5. The Balaban J connectivity index is 2.17. The number of ether oxygens (including phenoxy) is 3. The van der Waals surface area contributed by atoms with Crippen LogP contribution < -0.4 is 10.1 Å². The number of nitrogens with zero attached hydrogens (tertiary/aromatic N) is 2. The SMILES string of the molecule is CCC1(CC)CC(=O)N(C2c3cc(C(=O)O)ccc3OC2(C)COC)C(NC(=O)OC(C)(C)C)=N1. The number of aliphatic imine (C=N–C) groups is 1. The monoisotopic (exact) mass is 489 g/mol. The maximum atomic E-state index is 13.8. The molecule has 0 aromatic heterocycles. The summed E-state index contributed by atoms with van der Waals surface area (Å²) in [5.41, 5.74) is -1.96. The van der Waals surface area contributed by atoms with E-state index in [1.165, 1.54) is 24.1 Å². The number of amides is 2. The summed E-state index contributed by atoms with van der Waals surface area (Å²) in [7, 11) is 1.52. The number of nitrogens with one attached hydrogen (secondary N) is 1. The first-order valence-electron chi connectivity index (χ1n) is 11.7. The number of carboxylic acid groups (broad SMARTS) is 1. The second-order valence-corrected chi connectivity index (χ2v) is 10.2. The van der Waals surface area contributed by atoms with Crippen molar-refractivity contribution in [2.24, 2.45) is 4.99 Å². The quantitative estimate of drug-likeness (QED) is 0.620. The number of fused-ring (bicyclic) bond motifs is 1. The van der Waals surface area contributed by atoms with Gasteiger partial charge in [-0.05, 0) is 58.7 Å². The first-order valence-corrected chi connectivity index (χ1v) is 11.7. The molecular weight excluding hydrogens is 454 g/mol. The fraction of sp³-hybridized carbons (Fsp3) is 0.600. The summed E-state index contributed by atoms with van der Waals surface area (Å²) >= 11 is 0. The second kappa shape index (κ2) is 9.49. The minimum atomic E-state index is -1.10. The Kier molecular flexibility index (Phi) is 7.17. The molecule has 2 heterocycles. The van der Waals surface area contributed by atoms with E-state index in [9.17, 15) is 19.5 Å². The van der Waals surface area contributed by atoms with E-state index in [1.807, 2.05) is 13.8 Å². The van der Waals surface area contributed by atoms with Gasteiger partial charge in [-0.25, -0.2) is 14.6 Å². The van der Waals surface area contributed by atoms with Crippen LogP contribution in [0, 0.1) is 0 Å². The van der Waals surface area contributed by atoms with E-state index >= 15 is 0 Å². The lowest BCUT2D eigenvalue weighted by Gasteiger charge is -2.43. The number of alkyl carbamates (subject to hydrolysis) is 1. The molecule has 0 saturated heterocycles. The average molecular weight is 490 g/mol. The minimum absolute atomic E-state index is 0.0451. The lowest BCUT2D eigenvalue weighted by Crippen LogP contribution is -2.60. The Hall–Kier alpha value is -3.14. The molecule has 2 aliphatic rings. The Morgan fingerprint density at radius 1 is 1.29 bits per heavy atom. The zero-order chi connectivity index (χ0) is 26.2. The van der Waals surface area contributed by atoms with Crippen molar-refractivity contribution < 1.29 is 33.7 Å². The first-order chi connectivity index (χ1) is 16.3. The van der Waals surface area contributed by atoms with Gasteiger partial charge in [-0.1, -0.05) is 13.8 Å². The van der Waals surface area contributed by atoms with Crippen LogP contribution in [-0.2, 0) is 14.3 Å². The summed E-state index contributed by atoms with van der Waals surface area (Å²) in [5, 5.41) is 12.3. The van der Waals surface area contributed by atoms with E-state index < -0.39 is 34.8 Å². The van der Waals surface area contributed by atoms with Crippen LogP contribution in [0.3, 0.4) is 0 Å². The Bertz CT molecular complexity index is 1040. The molecule has 192 valence electrons. The van der Waals surface area contributed by atoms with Gasteiger partial charge in [0.05, 0.1) is 24.1 Å². The van der Waals surface area contributed by atoms with Crippen molar-refractivity contribution in [1.29, 1.82) is 0 Å². The summed E-state index contributed by atoms with van der Waals surface area (Å²) in [5.74, 6) is -0.886. The summed E-state index contributed by atoms with van der Waals surface area (Å²) in [6.45, 7) is 11.0. The van der Waals surface area contributed by atoms with Crippen molar-refractivity contribution in [2.75, 3.05) is 13.7 Å². The normalized spacial score (nSPS) is 23.3. The van der Waals surface area contributed by atoms with Gasteiger partial charge in [-0.2, -0.15) is 0 Å². The number of aromatic carboxylic acids is 1. The second-order valence-electron chi connectivity index (χ2n) is 10.2. The van der Waals surface area contributed by atoms with Crippen LogP contribution in [0.4, 0.5) is 4.79 Å². The molecule has 35 heavy (non-hydrogen) atoms. The molecule has 0 saturated carbocycles. The molecular formula is C25H35N3O7. The number of guanidine groups is 1. The van der Waals surface area contributed by atoms with Crippen LogP contribution in [0.5, 0.6) is 5.75 Å². The fourth-order valence-corrected chi connectivity index (χ4v) is 4.64. The number of hydrogen-bond donors (Lipinski definition) is 2. The van der Waals surface area contributed by atoms with Crippen LogP contribution in [0.2, 0.25) is 0 Å². The highest BCUT2D eigenvalue weighted by Gasteiger charge is 2.54. The number of benzene rings is 1. The molecule has 3 rings (SSSR count). The van der Waals surface area contributed by atoms with E-state index in [2.05, 4.69) is 5.32 Å². The molecule has 0 bridgehead atoms. The predicted molar refractivity (Wildman–Crippen MR) is 129 cm³/mol. The molecule has 2 N–H and O–H groups in total. The first kappa shape index (κ1) is 26.5. The third kappa shape index (κ3) is 5.27. The zero-order valence-corrected chi connectivity index (χ0v) is 21.4. The summed E-state index contributed by atoms with van der Waals surface area (Å²) in [6, 6.07) is 3.71. The van der Waals surface area contributed by atoms with Gasteiger partial charge in [0.1, 0.15) is 17.4 Å². The maximum Gasteiger partial charge on any atom is 0.414 e. The summed E-state index contributed by atoms with van der Waals surface area (Å²) < 4.78 is 17.1. The summed E-state index contributed by atoms with van der Waals surface area (Å²) in [6.07, 6.45) is 0.578. The lowest BCUT2D eigenvalue weighted by atomic mass is 9.85. The van der Waals surface area contributed by atoms with Crippen molar-refractivity contribution in [2.45, 2.75) is 83.6 Å². The van der Waals surface area contributed by atoms with E-state index in [0.29, 0.717) is 24.2 Å². The van der Waals surface area contributed by atoms with Crippen LogP contribution in [0.15, 0.2) is 23.2 Å². The van der Waals surface area contributed by atoms with Crippen LogP contribution >= 0.6 is 0 Å². The van der Waals surface area contributed by atoms with Crippen molar-refractivity contribution in [3.05, 3.63) is 29.3 Å². The van der Waals surface area contributed by atoms with E-state index in [4.69, 9.17) is 19.2 Å². The van der Waals surface area contributed by atoms with Gasteiger partial charge in [0.2, 0.25) is 11.9 Å². The number of hydrogen-bond acceptors (Lipinski definition) is 7. The van der Waals surface area contributed by atoms with Gasteiger partial charge in [0, 0.05) is 12.7 Å². The largest absolute Gasteiger partial charge is 0.482 e. The minimum Gasteiger partial charge on any atom is -0.482 e. The highest BCUT2D eigenvalue weighted by atomic mass is 16.6. The predicted octanol–water partition coefficient (Wildman–Crippen LogP) is 3.90. The number of carboxylic acids is 1. The highest BCUT2D eigenvalue weighted by Crippen LogP contribution is 2.49. The smallest absolute Gasteiger partial charge is 0.414 e. The average Bonchev–Trinajstić information content (AvgIpc) is 3.03. The standard InChI is InChI=1S/C25H35N3O7/c1-8-25(9-2)13-18(29)28(21(27-25)26-22(32)35-23(3,4)5)19-16-12-15(20(30)31)10-11-17(16)34-24(19,6)14-33-7/h10-12,19H,8-9,13-14H2,1-7H3,(H,30,31)(H,26,27,32). The van der Waals surface area contributed by atoms with E-state index in [-0.39, 0.29) is 30.5 Å². The van der Waals surface area contributed by atoms with Crippen LogP contribution in [-0.4, -0.2) is 64.4 Å². The number of carbonyl (C=O) groups is 3. The van der Waals surface area contributed by atoms with Crippen LogP contribution in [0.25, 0.3) is 0 Å². The van der Waals surface area contributed by atoms with Gasteiger partial charge in [0.15, 0.2) is 5.60 Å². The molecule has 2 amide bonds. The molecule has 10 nitrogen and oxygen atoms in total. The van der Waals surface area contributed by atoms with Gasteiger partial charge < -0.3 is 19.3 Å². The molecule has 0 aliphatic carbocycles. The maximum absolute atomic E-state index is 13.8. The Morgan fingerprint density at radius 3 is 2.49 bits per heavy atom. The molecule has 0 radical (unpaired) electrons. The number of carbonyl (C=O) groups excluding carboxylic acids is 2. The Labute approximate surface area is 205 Å². The van der Waals surface area contributed by atoms with Gasteiger partial charge in [-0.3, -0.25) is 15.0 Å². The molecule has 0 spiro atoms. The molecule has 0 fully saturated rings. The van der Waals surface area contributed by atoms with E-state index in [1.54, 1.807) is 33.8 Å². The topological polar surface area (TPSA) is 127 Å². The van der Waals surface area contributed by atoms with Gasteiger partial charge in [-0.15, -0.1) is 0 Å². The van der Waals surface area contributed by atoms with E-state index in [0.717, 1.165) is 0 Å². The molecule has 10 heteroatoms.